The Morgan fingerprint density at radius 3 is 2.42 bits per heavy atom. The fourth-order valence-electron chi connectivity index (χ4n) is 2.32. The molecule has 2 aromatic rings. The fraction of sp³-hybridized carbons (Fsp3) is 0.300. The Bertz CT molecular complexity index is 711. The van der Waals surface area contributed by atoms with E-state index in [1.165, 1.54) is 12.1 Å². The van der Waals surface area contributed by atoms with Gasteiger partial charge in [-0.05, 0) is 44.2 Å². The summed E-state index contributed by atoms with van der Waals surface area (Å²) in [5.74, 6) is 6.18. The van der Waals surface area contributed by atoms with E-state index in [1.54, 1.807) is 6.07 Å². The van der Waals surface area contributed by atoms with Crippen LogP contribution in [0.15, 0.2) is 54.6 Å². The fourth-order valence-corrected chi connectivity index (χ4v) is 2.32. The topological polar surface area (TPSA) is 3.24 Å². The maximum absolute atomic E-state index is 12.8. The Labute approximate surface area is 141 Å². The molecule has 126 valence electrons. The van der Waals surface area contributed by atoms with Crippen LogP contribution in [-0.4, -0.2) is 24.5 Å². The van der Waals surface area contributed by atoms with Crippen LogP contribution >= 0.6 is 0 Å². The van der Waals surface area contributed by atoms with Crippen molar-refractivity contribution in [3.63, 3.8) is 0 Å². The predicted octanol–water partition coefficient (Wildman–Crippen LogP) is 4.62. The minimum absolute atomic E-state index is 0.0959. The summed E-state index contributed by atoms with van der Waals surface area (Å²) < 4.78 is 38.3. The van der Waals surface area contributed by atoms with Crippen molar-refractivity contribution >= 4 is 0 Å². The van der Waals surface area contributed by atoms with Crippen molar-refractivity contribution < 1.29 is 13.2 Å². The Balaban J connectivity index is 1.95. The van der Waals surface area contributed by atoms with Crippen molar-refractivity contribution in [3.8, 4) is 11.8 Å². The van der Waals surface area contributed by atoms with Gasteiger partial charge in [-0.15, -0.1) is 0 Å². The summed E-state index contributed by atoms with van der Waals surface area (Å²) in [5, 5.41) is 0. The average Bonchev–Trinajstić information content (AvgIpc) is 2.55. The molecule has 0 saturated carbocycles. The smallest absolute Gasteiger partial charge is 0.292 e. The SMILES string of the molecule is C[C@@H](Cc1cccc(C(F)(F)F)c1)N(C)CC#Cc1ccccc1. The second-order valence-corrected chi connectivity index (χ2v) is 5.83. The van der Waals surface area contributed by atoms with Crippen LogP contribution < -0.4 is 0 Å². The van der Waals surface area contributed by atoms with Crippen LogP contribution in [0.5, 0.6) is 0 Å². The predicted molar refractivity (Wildman–Crippen MR) is 90.6 cm³/mol. The number of benzene rings is 2. The number of alkyl halides is 3. The molecule has 0 unspecified atom stereocenters. The lowest BCUT2D eigenvalue weighted by molar-refractivity contribution is -0.137. The molecule has 0 amide bonds. The van der Waals surface area contributed by atoms with Crippen LogP contribution in [0.25, 0.3) is 0 Å². The maximum Gasteiger partial charge on any atom is 0.416 e. The molecule has 0 aliphatic rings. The van der Waals surface area contributed by atoms with Gasteiger partial charge < -0.3 is 0 Å². The monoisotopic (exact) mass is 331 g/mol. The van der Waals surface area contributed by atoms with Gasteiger partial charge in [0, 0.05) is 11.6 Å². The molecule has 1 atom stereocenters. The molecular formula is C20H20F3N. The molecule has 0 bridgehead atoms. The van der Waals surface area contributed by atoms with Crippen LogP contribution in [0.3, 0.4) is 0 Å². The van der Waals surface area contributed by atoms with Crippen LogP contribution in [0, 0.1) is 11.8 Å². The first-order valence-corrected chi connectivity index (χ1v) is 7.76. The maximum atomic E-state index is 12.8. The van der Waals surface area contributed by atoms with E-state index in [-0.39, 0.29) is 6.04 Å². The minimum Gasteiger partial charge on any atom is -0.292 e. The van der Waals surface area contributed by atoms with Gasteiger partial charge in [-0.2, -0.15) is 13.2 Å². The van der Waals surface area contributed by atoms with Crippen LogP contribution in [0.4, 0.5) is 13.2 Å². The zero-order valence-corrected chi connectivity index (χ0v) is 13.8. The minimum atomic E-state index is -4.30. The Hall–Kier alpha value is -2.25. The van der Waals surface area contributed by atoms with E-state index in [0.717, 1.165) is 11.6 Å². The molecule has 0 aromatic heterocycles. The third-order valence-corrected chi connectivity index (χ3v) is 3.87. The summed E-state index contributed by atoms with van der Waals surface area (Å²) in [6.45, 7) is 2.56. The average molecular weight is 331 g/mol. The Morgan fingerprint density at radius 2 is 1.75 bits per heavy atom. The number of halogens is 3. The van der Waals surface area contributed by atoms with E-state index in [0.29, 0.717) is 18.5 Å². The van der Waals surface area contributed by atoms with Gasteiger partial charge in [0.15, 0.2) is 0 Å². The number of rotatable bonds is 4. The zero-order chi connectivity index (χ0) is 17.6. The molecule has 0 aliphatic carbocycles. The molecule has 24 heavy (non-hydrogen) atoms. The lowest BCUT2D eigenvalue weighted by Crippen LogP contribution is -2.31. The quantitative estimate of drug-likeness (QED) is 0.739. The molecule has 2 rings (SSSR count). The van der Waals surface area contributed by atoms with E-state index in [1.807, 2.05) is 49.2 Å². The normalized spacial score (nSPS) is 12.6. The molecule has 0 fully saturated rings. The van der Waals surface area contributed by atoms with Crippen molar-refractivity contribution in [3.05, 3.63) is 71.3 Å². The van der Waals surface area contributed by atoms with Gasteiger partial charge in [0.1, 0.15) is 0 Å². The van der Waals surface area contributed by atoms with Crippen molar-refractivity contribution in [2.24, 2.45) is 0 Å². The van der Waals surface area contributed by atoms with Crippen LogP contribution in [0.1, 0.15) is 23.6 Å². The van der Waals surface area contributed by atoms with Crippen LogP contribution in [0.2, 0.25) is 0 Å². The van der Waals surface area contributed by atoms with Crippen molar-refractivity contribution in [1.29, 1.82) is 0 Å². The van der Waals surface area contributed by atoms with Gasteiger partial charge in [0.2, 0.25) is 0 Å². The van der Waals surface area contributed by atoms with E-state index in [9.17, 15) is 13.2 Å². The third-order valence-electron chi connectivity index (χ3n) is 3.87. The number of hydrogen-bond acceptors (Lipinski definition) is 1. The summed E-state index contributed by atoms with van der Waals surface area (Å²) in [7, 11) is 1.93. The highest BCUT2D eigenvalue weighted by molar-refractivity contribution is 5.33. The largest absolute Gasteiger partial charge is 0.416 e. The van der Waals surface area contributed by atoms with Gasteiger partial charge >= 0.3 is 6.18 Å². The first-order chi connectivity index (χ1) is 11.4. The number of likely N-dealkylation sites (N-methyl/N-ethyl adjacent to an activating group) is 1. The van der Waals surface area contributed by atoms with Gasteiger partial charge in [-0.3, -0.25) is 4.90 Å². The van der Waals surface area contributed by atoms with Gasteiger partial charge in [0.25, 0.3) is 0 Å². The Morgan fingerprint density at radius 1 is 1.04 bits per heavy atom. The molecule has 0 spiro atoms. The van der Waals surface area contributed by atoms with Gasteiger partial charge in [-0.25, -0.2) is 0 Å². The first-order valence-electron chi connectivity index (χ1n) is 7.76. The summed E-state index contributed by atoms with van der Waals surface area (Å²) in [5.41, 5.74) is 1.04. The highest BCUT2D eigenvalue weighted by Crippen LogP contribution is 2.29. The zero-order valence-electron chi connectivity index (χ0n) is 13.8. The summed E-state index contributed by atoms with van der Waals surface area (Å²) in [4.78, 5) is 2.04. The Kier molecular flexibility index (Phi) is 6.05. The highest BCUT2D eigenvalue weighted by atomic mass is 19.4. The van der Waals surface area contributed by atoms with Crippen molar-refractivity contribution in [2.45, 2.75) is 25.6 Å². The molecule has 0 saturated heterocycles. The molecule has 1 nitrogen and oxygen atoms in total. The second-order valence-electron chi connectivity index (χ2n) is 5.83. The standard InChI is InChI=1S/C20H20F3N/c1-16(14-18-10-6-12-19(15-18)20(21,22)23)24(2)13-7-11-17-8-4-3-5-9-17/h3-6,8-10,12,15-16H,13-14H2,1-2H3/t16-/m0/s1. The third kappa shape index (κ3) is 5.43. The van der Waals surface area contributed by atoms with E-state index >= 15 is 0 Å². The van der Waals surface area contributed by atoms with E-state index < -0.39 is 11.7 Å². The lowest BCUT2D eigenvalue weighted by Gasteiger charge is -2.22. The highest BCUT2D eigenvalue weighted by Gasteiger charge is 2.30. The number of nitrogens with zero attached hydrogens (tertiary/aromatic N) is 1. The van der Waals surface area contributed by atoms with E-state index in [2.05, 4.69) is 11.8 Å². The van der Waals surface area contributed by atoms with Crippen molar-refractivity contribution in [2.75, 3.05) is 13.6 Å². The lowest BCUT2D eigenvalue weighted by atomic mass is 10.0. The second kappa shape index (κ2) is 8.03. The molecule has 2 aromatic carbocycles. The summed E-state index contributed by atoms with van der Waals surface area (Å²) in [6.07, 6.45) is -3.75. The van der Waals surface area contributed by atoms with Gasteiger partial charge in [-0.1, -0.05) is 48.2 Å². The van der Waals surface area contributed by atoms with Gasteiger partial charge in [0.05, 0.1) is 12.1 Å². The van der Waals surface area contributed by atoms with Crippen molar-refractivity contribution in [1.82, 2.24) is 4.90 Å². The van der Waals surface area contributed by atoms with E-state index in [4.69, 9.17) is 0 Å². The molecule has 4 heteroatoms. The molecule has 0 aliphatic heterocycles. The summed E-state index contributed by atoms with van der Waals surface area (Å²) >= 11 is 0. The molecule has 0 radical (unpaired) electrons. The molecule has 0 N–H and O–H groups in total. The molecular weight excluding hydrogens is 311 g/mol. The number of hydrogen-bond donors (Lipinski definition) is 0. The first kappa shape index (κ1) is 18.1. The van der Waals surface area contributed by atoms with Crippen LogP contribution in [-0.2, 0) is 12.6 Å². The summed E-state index contributed by atoms with van der Waals surface area (Å²) in [6, 6.07) is 15.3. The molecule has 0 heterocycles.